The predicted molar refractivity (Wildman–Crippen MR) is 131 cm³/mol. The average molecular weight is 496 g/mol. The van der Waals surface area contributed by atoms with Gasteiger partial charge in [-0.1, -0.05) is 68.1 Å². The number of nitro benzene ring substituents is 1. The first-order valence-electron chi connectivity index (χ1n) is 10.7. The van der Waals surface area contributed by atoms with Gasteiger partial charge in [0.05, 0.1) is 21.6 Å². The van der Waals surface area contributed by atoms with E-state index in [0.29, 0.717) is 10.7 Å². The molecule has 10 heteroatoms. The van der Waals surface area contributed by atoms with Gasteiger partial charge in [0, 0.05) is 22.9 Å². The Bertz CT molecular complexity index is 1370. The summed E-state index contributed by atoms with van der Waals surface area (Å²) in [5.41, 5.74) is 2.15. The molecule has 1 saturated heterocycles. The maximum absolute atomic E-state index is 13.7. The number of thioether (sulfide) groups is 1. The number of hydrogen-bond donors (Lipinski definition) is 1. The quantitative estimate of drug-likeness (QED) is 0.327. The van der Waals surface area contributed by atoms with Crippen molar-refractivity contribution < 1.29 is 14.5 Å². The van der Waals surface area contributed by atoms with Gasteiger partial charge in [-0.25, -0.2) is 4.90 Å². The smallest absolute Gasteiger partial charge is 0.305 e. The third kappa shape index (κ3) is 3.57. The van der Waals surface area contributed by atoms with Crippen LogP contribution in [0.4, 0.5) is 11.4 Å². The Morgan fingerprint density at radius 1 is 0.971 bits per heavy atom. The molecule has 3 atom stereocenters. The molecule has 2 aromatic carbocycles. The summed E-state index contributed by atoms with van der Waals surface area (Å²) in [5, 5.41) is 10.9. The topological polar surface area (TPSA) is 113 Å². The third-order valence-corrected chi connectivity index (χ3v) is 8.68. The normalized spacial score (nSPS) is 22.0. The molecule has 0 bridgehead atoms. The van der Waals surface area contributed by atoms with Gasteiger partial charge in [0.25, 0.3) is 5.69 Å². The highest BCUT2D eigenvalue weighted by Crippen LogP contribution is 2.53. The summed E-state index contributed by atoms with van der Waals surface area (Å²) < 4.78 is 0. The van der Waals surface area contributed by atoms with Crippen molar-refractivity contribution in [2.24, 2.45) is 5.92 Å². The van der Waals surface area contributed by atoms with Crippen LogP contribution in [-0.2, 0) is 15.0 Å². The number of anilines is 1. The molecule has 2 aliphatic heterocycles. The number of aromatic amines is 1. The summed E-state index contributed by atoms with van der Waals surface area (Å²) in [4.78, 5) is 54.2. The number of H-pyrrole nitrogens is 1. The zero-order chi connectivity index (χ0) is 24.4. The van der Waals surface area contributed by atoms with E-state index in [0.717, 1.165) is 32.2 Å². The molecule has 34 heavy (non-hydrogen) atoms. The maximum atomic E-state index is 13.7. The molecule has 1 fully saturated rings. The number of hydrogen-bond acceptors (Lipinski definition) is 7. The van der Waals surface area contributed by atoms with Crippen LogP contribution in [-0.4, -0.2) is 27.0 Å². The first kappa shape index (κ1) is 22.5. The third-order valence-electron chi connectivity index (χ3n) is 6.28. The van der Waals surface area contributed by atoms with E-state index in [4.69, 9.17) is 0 Å². The standard InChI is InChI=1S/C24H21N3O5S2/c1-24(2,3)13-6-4-12(5-7-13)16-17-19(33-20-18(16)34-23(30)25-20)22(29)26(21(17)28)14-8-10-15(11-9-14)27(31)32/h4-11,16-17,19H,1-3H3,(H,25,30)/t16-,17?,19?/m1/s1. The van der Waals surface area contributed by atoms with Crippen molar-refractivity contribution in [2.45, 2.75) is 42.4 Å². The summed E-state index contributed by atoms with van der Waals surface area (Å²) in [7, 11) is 0. The average Bonchev–Trinajstić information content (AvgIpc) is 3.28. The number of fused-ring (bicyclic) bond motifs is 2. The van der Waals surface area contributed by atoms with Crippen LogP contribution >= 0.6 is 23.1 Å². The number of amides is 2. The lowest BCUT2D eigenvalue weighted by atomic mass is 9.81. The first-order valence-corrected chi connectivity index (χ1v) is 12.4. The lowest BCUT2D eigenvalue weighted by Gasteiger charge is -2.30. The molecule has 2 aliphatic rings. The van der Waals surface area contributed by atoms with Crippen molar-refractivity contribution in [1.82, 2.24) is 4.98 Å². The summed E-state index contributed by atoms with van der Waals surface area (Å²) in [6, 6.07) is 13.4. The number of carbonyl (C=O) groups is 2. The minimum Gasteiger partial charge on any atom is -0.307 e. The zero-order valence-corrected chi connectivity index (χ0v) is 20.2. The monoisotopic (exact) mass is 495 g/mol. The summed E-state index contributed by atoms with van der Waals surface area (Å²) in [6.45, 7) is 6.35. The largest absolute Gasteiger partial charge is 0.307 e. The fraction of sp³-hybridized carbons (Fsp3) is 0.292. The molecule has 2 unspecified atom stereocenters. The second-order valence-electron chi connectivity index (χ2n) is 9.41. The van der Waals surface area contributed by atoms with Gasteiger partial charge in [-0.05, 0) is 28.7 Å². The van der Waals surface area contributed by atoms with Gasteiger partial charge in [0.15, 0.2) is 0 Å². The van der Waals surface area contributed by atoms with Crippen molar-refractivity contribution in [3.05, 3.63) is 84.3 Å². The molecule has 1 N–H and O–H groups in total. The fourth-order valence-electron chi connectivity index (χ4n) is 4.54. The molecule has 0 aliphatic carbocycles. The second-order valence-corrected chi connectivity index (χ2v) is 11.6. The number of thiazole rings is 1. The van der Waals surface area contributed by atoms with Gasteiger partial charge in [-0.2, -0.15) is 0 Å². The number of rotatable bonds is 3. The van der Waals surface area contributed by atoms with Crippen molar-refractivity contribution >= 4 is 46.3 Å². The van der Waals surface area contributed by atoms with E-state index in [1.807, 2.05) is 24.3 Å². The van der Waals surface area contributed by atoms with Crippen LogP contribution in [0.3, 0.4) is 0 Å². The van der Waals surface area contributed by atoms with Crippen LogP contribution in [0.15, 0.2) is 58.4 Å². The number of nitrogens with zero attached hydrogens (tertiary/aromatic N) is 2. The van der Waals surface area contributed by atoms with Crippen molar-refractivity contribution in [3.63, 3.8) is 0 Å². The number of benzene rings is 2. The molecule has 8 nitrogen and oxygen atoms in total. The molecule has 3 aromatic rings. The number of carbonyl (C=O) groups excluding carboxylic acids is 2. The molecule has 0 spiro atoms. The van der Waals surface area contributed by atoms with E-state index in [2.05, 4.69) is 25.8 Å². The predicted octanol–water partition coefficient (Wildman–Crippen LogP) is 4.44. The lowest BCUT2D eigenvalue weighted by molar-refractivity contribution is -0.384. The Balaban J connectivity index is 1.59. The molecule has 0 radical (unpaired) electrons. The number of non-ortho nitro benzene ring substituents is 1. The Labute approximate surface area is 203 Å². The molecular weight excluding hydrogens is 474 g/mol. The Morgan fingerprint density at radius 3 is 2.21 bits per heavy atom. The maximum Gasteiger partial charge on any atom is 0.305 e. The van der Waals surface area contributed by atoms with Crippen LogP contribution in [0.1, 0.15) is 42.7 Å². The van der Waals surface area contributed by atoms with E-state index in [-0.39, 0.29) is 27.8 Å². The van der Waals surface area contributed by atoms with E-state index in [1.54, 1.807) is 0 Å². The number of aromatic nitrogens is 1. The van der Waals surface area contributed by atoms with Crippen molar-refractivity contribution in [1.29, 1.82) is 0 Å². The number of nitro groups is 1. The van der Waals surface area contributed by atoms with Gasteiger partial charge in [-0.3, -0.25) is 24.5 Å². The highest BCUT2D eigenvalue weighted by atomic mass is 32.2. The van der Waals surface area contributed by atoms with Crippen LogP contribution in [0.25, 0.3) is 0 Å². The van der Waals surface area contributed by atoms with Crippen molar-refractivity contribution in [2.75, 3.05) is 4.90 Å². The highest BCUT2D eigenvalue weighted by Gasteiger charge is 2.56. The fourth-order valence-corrected chi connectivity index (χ4v) is 7.06. The van der Waals surface area contributed by atoms with E-state index < -0.39 is 22.0 Å². The second kappa shape index (κ2) is 7.92. The summed E-state index contributed by atoms with van der Waals surface area (Å²) in [6.07, 6.45) is 0. The van der Waals surface area contributed by atoms with E-state index >= 15 is 0 Å². The SMILES string of the molecule is CC(C)(C)c1ccc([C@H]2c3sc(=O)[nH]c3SC3C(=O)N(c4ccc([N+](=O)[O-])cc4)C(=O)C32)cc1. The Morgan fingerprint density at radius 2 is 1.62 bits per heavy atom. The summed E-state index contributed by atoms with van der Waals surface area (Å²) >= 11 is 2.28. The summed E-state index contributed by atoms with van der Waals surface area (Å²) in [5.74, 6) is -1.89. The molecular formula is C24H21N3O5S2. The Hall–Kier alpha value is -3.24. The molecule has 1 aromatic heterocycles. The van der Waals surface area contributed by atoms with Crippen LogP contribution < -0.4 is 9.77 Å². The lowest BCUT2D eigenvalue weighted by Crippen LogP contribution is -2.32. The molecule has 2 amide bonds. The zero-order valence-electron chi connectivity index (χ0n) is 18.6. The van der Waals surface area contributed by atoms with Gasteiger partial charge in [0.1, 0.15) is 5.25 Å². The van der Waals surface area contributed by atoms with Gasteiger partial charge >= 0.3 is 4.87 Å². The van der Waals surface area contributed by atoms with Crippen molar-refractivity contribution in [3.8, 4) is 0 Å². The molecule has 3 heterocycles. The van der Waals surface area contributed by atoms with E-state index in [1.165, 1.54) is 36.0 Å². The Kier molecular flexibility index (Phi) is 5.25. The number of nitrogens with one attached hydrogen (secondary N) is 1. The molecule has 5 rings (SSSR count). The molecule has 0 saturated carbocycles. The molecule has 174 valence electrons. The van der Waals surface area contributed by atoms with Gasteiger partial charge < -0.3 is 4.98 Å². The highest BCUT2D eigenvalue weighted by molar-refractivity contribution is 8.00. The number of imide groups is 1. The minimum atomic E-state index is -0.701. The first-order chi connectivity index (χ1) is 16.1. The van der Waals surface area contributed by atoms with Crippen LogP contribution in [0, 0.1) is 16.0 Å². The van der Waals surface area contributed by atoms with E-state index in [9.17, 15) is 24.5 Å². The van der Waals surface area contributed by atoms with Gasteiger partial charge in [-0.15, -0.1) is 0 Å². The van der Waals surface area contributed by atoms with Crippen LogP contribution in [0.2, 0.25) is 0 Å². The minimum absolute atomic E-state index is 0.0423. The van der Waals surface area contributed by atoms with Crippen LogP contribution in [0.5, 0.6) is 0 Å². The van der Waals surface area contributed by atoms with Gasteiger partial charge in [0.2, 0.25) is 11.8 Å².